The Morgan fingerprint density at radius 2 is 1.73 bits per heavy atom. The molecule has 6 nitrogen and oxygen atoms in total. The molecule has 138 valence electrons. The van der Waals surface area contributed by atoms with Crippen LogP contribution in [0.25, 0.3) is 0 Å². The number of carboxylic acid groups (broad SMARTS) is 1. The lowest BCUT2D eigenvalue weighted by molar-refractivity contribution is -0.133. The van der Waals surface area contributed by atoms with Crippen LogP contribution in [0, 0.1) is 0 Å². The summed E-state index contributed by atoms with van der Waals surface area (Å²) in [7, 11) is 3.10. The molecular weight excluding hydrogens is 354 g/mol. The first-order valence-electron chi connectivity index (χ1n) is 7.91. The minimum absolute atomic E-state index is 0.0458. The Bertz CT molecular complexity index is 756. The van der Waals surface area contributed by atoms with Gasteiger partial charge in [-0.1, -0.05) is 18.2 Å². The van der Waals surface area contributed by atoms with E-state index in [0.717, 1.165) is 5.56 Å². The average molecular weight is 375 g/mol. The molecule has 0 aliphatic heterocycles. The number of benzene rings is 2. The second-order valence-corrected chi connectivity index (χ2v) is 6.44. The minimum Gasteiger partial charge on any atom is -0.496 e. The molecule has 2 rings (SSSR count). The molecule has 1 amide bonds. The molecule has 0 aliphatic rings. The van der Waals surface area contributed by atoms with E-state index in [1.54, 1.807) is 38.5 Å². The number of rotatable bonds is 9. The van der Waals surface area contributed by atoms with Crippen LogP contribution in [0.15, 0.2) is 42.5 Å². The van der Waals surface area contributed by atoms with Crippen molar-refractivity contribution >= 4 is 29.3 Å². The van der Waals surface area contributed by atoms with Crippen molar-refractivity contribution in [2.24, 2.45) is 0 Å². The number of carboxylic acids is 1. The van der Waals surface area contributed by atoms with Crippen LogP contribution in [-0.4, -0.2) is 37.0 Å². The second-order valence-electron chi connectivity index (χ2n) is 5.45. The molecule has 0 unspecified atom stereocenters. The van der Waals surface area contributed by atoms with Crippen molar-refractivity contribution in [2.45, 2.75) is 12.2 Å². The predicted octanol–water partition coefficient (Wildman–Crippen LogP) is 3.20. The zero-order valence-electron chi connectivity index (χ0n) is 14.7. The fraction of sp³-hybridized carbons (Fsp3) is 0.263. The standard InChI is InChI=1S/C19H21NO5S/c1-24-16-7-4-8-17(25-2)15(16)10-18(21)20-14-6-3-5-13(9-14)11-26-12-19(22)23/h3-9H,10-12H2,1-2H3,(H,20,21)(H,22,23). The largest absolute Gasteiger partial charge is 0.496 e. The molecule has 0 saturated heterocycles. The molecule has 0 atom stereocenters. The monoisotopic (exact) mass is 375 g/mol. The Labute approximate surface area is 156 Å². The van der Waals surface area contributed by atoms with Crippen molar-refractivity contribution in [3.05, 3.63) is 53.6 Å². The molecule has 0 aliphatic carbocycles. The molecule has 0 radical (unpaired) electrons. The molecule has 0 bridgehead atoms. The van der Waals surface area contributed by atoms with Gasteiger partial charge in [0.25, 0.3) is 0 Å². The van der Waals surface area contributed by atoms with E-state index in [2.05, 4.69) is 5.32 Å². The van der Waals surface area contributed by atoms with Crippen LogP contribution in [0.1, 0.15) is 11.1 Å². The summed E-state index contributed by atoms with van der Waals surface area (Å²) in [5.41, 5.74) is 2.30. The maximum absolute atomic E-state index is 12.4. The van der Waals surface area contributed by atoms with Crippen LogP contribution in [0.2, 0.25) is 0 Å². The van der Waals surface area contributed by atoms with E-state index < -0.39 is 5.97 Å². The van der Waals surface area contributed by atoms with Crippen LogP contribution in [0.3, 0.4) is 0 Å². The van der Waals surface area contributed by atoms with Crippen molar-refractivity contribution in [3.63, 3.8) is 0 Å². The van der Waals surface area contributed by atoms with Gasteiger partial charge in [0.1, 0.15) is 11.5 Å². The van der Waals surface area contributed by atoms with Crippen molar-refractivity contribution in [1.29, 1.82) is 0 Å². The van der Waals surface area contributed by atoms with Gasteiger partial charge in [0.15, 0.2) is 0 Å². The van der Waals surface area contributed by atoms with E-state index in [1.807, 2.05) is 18.2 Å². The summed E-state index contributed by atoms with van der Waals surface area (Å²) in [6.07, 6.45) is 0.116. The number of amides is 1. The van der Waals surface area contributed by atoms with E-state index >= 15 is 0 Å². The quantitative estimate of drug-likeness (QED) is 0.700. The third-order valence-electron chi connectivity index (χ3n) is 3.57. The van der Waals surface area contributed by atoms with Crippen LogP contribution in [0.4, 0.5) is 5.69 Å². The number of carbonyl (C=O) groups excluding carboxylic acids is 1. The first kappa shape index (κ1) is 19.7. The van der Waals surface area contributed by atoms with Crippen molar-refractivity contribution in [3.8, 4) is 11.5 Å². The number of carbonyl (C=O) groups is 2. The maximum atomic E-state index is 12.4. The van der Waals surface area contributed by atoms with Crippen LogP contribution in [0.5, 0.6) is 11.5 Å². The zero-order valence-corrected chi connectivity index (χ0v) is 15.5. The number of hydrogen-bond donors (Lipinski definition) is 2. The molecule has 2 aromatic rings. The van der Waals surface area contributed by atoms with Gasteiger partial charge in [0.05, 0.1) is 26.4 Å². The lowest BCUT2D eigenvalue weighted by Gasteiger charge is -2.13. The molecule has 2 N–H and O–H groups in total. The Hall–Kier alpha value is -2.67. The van der Waals surface area contributed by atoms with Gasteiger partial charge >= 0.3 is 5.97 Å². The third-order valence-corrected chi connectivity index (χ3v) is 4.56. The van der Waals surface area contributed by atoms with Crippen molar-refractivity contribution in [2.75, 3.05) is 25.3 Å². The van der Waals surface area contributed by atoms with Crippen LogP contribution >= 0.6 is 11.8 Å². The third kappa shape index (κ3) is 5.70. The first-order valence-corrected chi connectivity index (χ1v) is 9.07. The highest BCUT2D eigenvalue weighted by Gasteiger charge is 2.14. The molecule has 0 spiro atoms. The summed E-state index contributed by atoms with van der Waals surface area (Å²) in [4.78, 5) is 23.0. The summed E-state index contributed by atoms with van der Waals surface area (Å²) in [6, 6.07) is 12.7. The molecule has 26 heavy (non-hydrogen) atoms. The lowest BCUT2D eigenvalue weighted by Crippen LogP contribution is -2.15. The van der Waals surface area contributed by atoms with E-state index in [4.69, 9.17) is 14.6 Å². The van der Waals surface area contributed by atoms with Gasteiger partial charge in [-0.2, -0.15) is 0 Å². The Morgan fingerprint density at radius 3 is 2.35 bits per heavy atom. The van der Waals surface area contributed by atoms with Crippen LogP contribution in [-0.2, 0) is 21.8 Å². The number of methoxy groups -OCH3 is 2. The van der Waals surface area contributed by atoms with Gasteiger partial charge in [-0.15, -0.1) is 11.8 Å². The number of anilines is 1. The van der Waals surface area contributed by atoms with Gasteiger partial charge in [0.2, 0.25) is 5.91 Å². The number of aliphatic carboxylic acids is 1. The topological polar surface area (TPSA) is 84.9 Å². The molecule has 0 saturated carbocycles. The average Bonchev–Trinajstić information content (AvgIpc) is 2.61. The highest BCUT2D eigenvalue weighted by molar-refractivity contribution is 7.99. The first-order chi connectivity index (χ1) is 12.5. The number of thioether (sulfide) groups is 1. The number of ether oxygens (including phenoxy) is 2. The maximum Gasteiger partial charge on any atom is 0.313 e. The van der Waals surface area contributed by atoms with Gasteiger partial charge in [0, 0.05) is 17.0 Å². The second kappa shape index (κ2) is 9.72. The fourth-order valence-corrected chi connectivity index (χ4v) is 3.15. The summed E-state index contributed by atoms with van der Waals surface area (Å²) in [5, 5.41) is 11.5. The SMILES string of the molecule is COc1cccc(OC)c1CC(=O)Nc1cccc(CSCC(=O)O)c1. The Balaban J connectivity index is 2.03. The molecule has 0 fully saturated rings. The predicted molar refractivity (Wildman–Crippen MR) is 102 cm³/mol. The van der Waals surface area contributed by atoms with Crippen molar-refractivity contribution in [1.82, 2.24) is 0 Å². The lowest BCUT2D eigenvalue weighted by atomic mass is 10.1. The number of nitrogens with one attached hydrogen (secondary N) is 1. The van der Waals surface area contributed by atoms with Gasteiger partial charge < -0.3 is 19.9 Å². The summed E-state index contributed by atoms with van der Waals surface area (Å²) < 4.78 is 10.6. The molecular formula is C19H21NO5S. The van der Waals surface area contributed by atoms with Gasteiger partial charge in [-0.3, -0.25) is 9.59 Å². The molecule has 2 aromatic carbocycles. The van der Waals surface area contributed by atoms with E-state index in [-0.39, 0.29) is 18.1 Å². The highest BCUT2D eigenvalue weighted by atomic mass is 32.2. The van der Waals surface area contributed by atoms with Gasteiger partial charge in [-0.25, -0.2) is 0 Å². The summed E-state index contributed by atoms with van der Waals surface area (Å²) >= 11 is 1.31. The van der Waals surface area contributed by atoms with Gasteiger partial charge in [-0.05, 0) is 29.8 Å². The molecule has 7 heteroatoms. The Morgan fingerprint density at radius 1 is 1.08 bits per heavy atom. The van der Waals surface area contributed by atoms with E-state index in [0.29, 0.717) is 28.5 Å². The molecule has 0 heterocycles. The smallest absolute Gasteiger partial charge is 0.313 e. The number of hydrogen-bond acceptors (Lipinski definition) is 5. The summed E-state index contributed by atoms with van der Waals surface area (Å²) in [5.74, 6) is 0.769. The fourth-order valence-electron chi connectivity index (χ4n) is 2.46. The van der Waals surface area contributed by atoms with Crippen LogP contribution < -0.4 is 14.8 Å². The zero-order chi connectivity index (χ0) is 18.9. The normalized spacial score (nSPS) is 10.2. The Kier molecular flexibility index (Phi) is 7.35. The van der Waals surface area contributed by atoms with E-state index in [9.17, 15) is 9.59 Å². The van der Waals surface area contributed by atoms with E-state index in [1.165, 1.54) is 11.8 Å². The minimum atomic E-state index is -0.842. The highest BCUT2D eigenvalue weighted by Crippen LogP contribution is 2.29. The van der Waals surface area contributed by atoms with Crippen molar-refractivity contribution < 1.29 is 24.2 Å². The molecule has 0 aromatic heterocycles. The summed E-state index contributed by atoms with van der Waals surface area (Å²) in [6.45, 7) is 0.